The van der Waals surface area contributed by atoms with Crippen molar-refractivity contribution in [3.8, 4) is 0 Å². The van der Waals surface area contributed by atoms with Gasteiger partial charge in [0.05, 0.1) is 19.2 Å². The zero-order valence-corrected chi connectivity index (χ0v) is 13.4. The Balaban J connectivity index is 1.96. The van der Waals surface area contributed by atoms with Crippen LogP contribution in [-0.4, -0.2) is 31.2 Å². The maximum absolute atomic E-state index is 11.3. The van der Waals surface area contributed by atoms with E-state index in [0.717, 1.165) is 35.8 Å². The summed E-state index contributed by atoms with van der Waals surface area (Å²) in [5, 5.41) is 3.02. The van der Waals surface area contributed by atoms with Crippen LogP contribution < -0.4 is 4.90 Å². The molecule has 0 aromatic carbocycles. The molecule has 0 amide bonds. The topological polar surface area (TPSA) is 42.4 Å². The normalized spacial score (nSPS) is 20.0. The molecule has 0 N–H and O–H groups in total. The van der Waals surface area contributed by atoms with Gasteiger partial charge >= 0.3 is 5.97 Å². The Morgan fingerprint density at radius 3 is 3.00 bits per heavy atom. The van der Waals surface area contributed by atoms with Crippen molar-refractivity contribution in [3.63, 3.8) is 0 Å². The predicted octanol–water partition coefficient (Wildman–Crippen LogP) is 3.12. The summed E-state index contributed by atoms with van der Waals surface area (Å²) in [7, 11) is 1.41. The van der Waals surface area contributed by atoms with Crippen molar-refractivity contribution in [3.05, 3.63) is 11.1 Å². The van der Waals surface area contributed by atoms with E-state index in [1.165, 1.54) is 26.4 Å². The molecule has 0 spiro atoms. The van der Waals surface area contributed by atoms with Crippen LogP contribution in [0.25, 0.3) is 0 Å². The fourth-order valence-electron chi connectivity index (χ4n) is 2.72. The van der Waals surface area contributed by atoms with Crippen LogP contribution in [-0.2, 0) is 16.0 Å². The van der Waals surface area contributed by atoms with E-state index in [1.807, 2.05) is 5.38 Å². The van der Waals surface area contributed by atoms with Gasteiger partial charge in [-0.1, -0.05) is 13.8 Å². The second-order valence-electron chi connectivity index (χ2n) is 5.80. The number of hydrogen-bond donors (Lipinski definition) is 0. The highest BCUT2D eigenvalue weighted by Crippen LogP contribution is 2.29. The van der Waals surface area contributed by atoms with Gasteiger partial charge in [-0.3, -0.25) is 4.79 Å². The average Bonchev–Trinajstić information content (AvgIpc) is 2.73. The molecule has 2 heterocycles. The third-order valence-corrected chi connectivity index (χ3v) is 5.03. The lowest BCUT2D eigenvalue weighted by Crippen LogP contribution is -2.24. The van der Waals surface area contributed by atoms with E-state index in [2.05, 4.69) is 28.5 Å². The van der Waals surface area contributed by atoms with Gasteiger partial charge in [0.1, 0.15) is 0 Å². The summed E-state index contributed by atoms with van der Waals surface area (Å²) < 4.78 is 4.68. The van der Waals surface area contributed by atoms with Crippen molar-refractivity contribution in [2.75, 3.05) is 25.1 Å². The van der Waals surface area contributed by atoms with Gasteiger partial charge in [0, 0.05) is 18.5 Å². The summed E-state index contributed by atoms with van der Waals surface area (Å²) in [6.07, 6.45) is 4.06. The molecule has 1 saturated heterocycles. The third kappa shape index (κ3) is 3.95. The standard InChI is InChI=1S/C15H24N2O2S/c1-11(2)12-5-4-7-17(8-6-12)15-16-13(10-20-15)9-14(18)19-3/h10-12H,4-9H2,1-3H3. The number of thiazole rings is 1. The monoisotopic (exact) mass is 296 g/mol. The van der Waals surface area contributed by atoms with Gasteiger partial charge in [0.25, 0.3) is 0 Å². The van der Waals surface area contributed by atoms with E-state index in [-0.39, 0.29) is 12.4 Å². The Morgan fingerprint density at radius 2 is 2.30 bits per heavy atom. The van der Waals surface area contributed by atoms with E-state index in [9.17, 15) is 4.79 Å². The summed E-state index contributed by atoms with van der Waals surface area (Å²) in [5.74, 6) is 1.37. The lowest BCUT2D eigenvalue weighted by atomic mass is 9.89. The zero-order valence-electron chi connectivity index (χ0n) is 12.6. The van der Waals surface area contributed by atoms with Crippen LogP contribution in [0.2, 0.25) is 0 Å². The highest BCUT2D eigenvalue weighted by molar-refractivity contribution is 7.13. The van der Waals surface area contributed by atoms with E-state index in [1.54, 1.807) is 11.3 Å². The second-order valence-corrected chi connectivity index (χ2v) is 6.63. The first-order valence-electron chi connectivity index (χ1n) is 7.36. The van der Waals surface area contributed by atoms with Gasteiger partial charge in [-0.15, -0.1) is 11.3 Å². The molecule has 0 aliphatic carbocycles. The molecular formula is C15H24N2O2S. The molecule has 2 rings (SSSR count). The second kappa shape index (κ2) is 7.07. The van der Waals surface area contributed by atoms with Gasteiger partial charge < -0.3 is 9.64 Å². The highest BCUT2D eigenvalue weighted by Gasteiger charge is 2.21. The molecule has 1 aliphatic heterocycles. The third-order valence-electron chi connectivity index (χ3n) is 4.08. The Kier molecular flexibility index (Phi) is 5.40. The number of carbonyl (C=O) groups excluding carboxylic acids is 1. The van der Waals surface area contributed by atoms with Crippen molar-refractivity contribution in [1.82, 2.24) is 4.98 Å². The Bertz CT molecular complexity index is 445. The Labute approximate surface area is 125 Å². The number of hydrogen-bond acceptors (Lipinski definition) is 5. The van der Waals surface area contributed by atoms with Crippen molar-refractivity contribution >= 4 is 22.4 Å². The minimum Gasteiger partial charge on any atom is -0.469 e. The van der Waals surface area contributed by atoms with Crippen molar-refractivity contribution in [2.24, 2.45) is 11.8 Å². The molecule has 0 bridgehead atoms. The first-order valence-corrected chi connectivity index (χ1v) is 8.24. The molecule has 20 heavy (non-hydrogen) atoms. The van der Waals surface area contributed by atoms with Crippen LogP contribution in [0, 0.1) is 11.8 Å². The SMILES string of the molecule is COC(=O)Cc1csc(N2CCCC(C(C)C)CC2)n1. The quantitative estimate of drug-likeness (QED) is 0.801. The minimum atomic E-state index is -0.224. The Hall–Kier alpha value is -1.10. The Morgan fingerprint density at radius 1 is 1.50 bits per heavy atom. The molecular weight excluding hydrogens is 272 g/mol. The minimum absolute atomic E-state index is 0.224. The molecule has 1 aliphatic rings. The van der Waals surface area contributed by atoms with Crippen LogP contribution in [0.15, 0.2) is 5.38 Å². The number of aromatic nitrogens is 1. The van der Waals surface area contributed by atoms with Gasteiger partial charge in [-0.25, -0.2) is 4.98 Å². The number of carbonyl (C=O) groups is 1. The number of ether oxygens (including phenoxy) is 1. The molecule has 4 nitrogen and oxygen atoms in total. The van der Waals surface area contributed by atoms with E-state index < -0.39 is 0 Å². The van der Waals surface area contributed by atoms with Crippen molar-refractivity contribution < 1.29 is 9.53 Å². The van der Waals surface area contributed by atoms with E-state index in [4.69, 9.17) is 0 Å². The lowest BCUT2D eigenvalue weighted by Gasteiger charge is -2.20. The molecule has 112 valence electrons. The number of methoxy groups -OCH3 is 1. The highest BCUT2D eigenvalue weighted by atomic mass is 32.1. The molecule has 0 radical (unpaired) electrons. The maximum atomic E-state index is 11.3. The molecule has 1 unspecified atom stereocenters. The van der Waals surface area contributed by atoms with Crippen LogP contribution in [0.4, 0.5) is 5.13 Å². The van der Waals surface area contributed by atoms with Crippen LogP contribution in [0.1, 0.15) is 38.8 Å². The summed E-state index contributed by atoms with van der Waals surface area (Å²) in [5.41, 5.74) is 0.821. The summed E-state index contributed by atoms with van der Waals surface area (Å²) in [6, 6.07) is 0. The van der Waals surface area contributed by atoms with Gasteiger partial charge in [-0.2, -0.15) is 0 Å². The van der Waals surface area contributed by atoms with Crippen molar-refractivity contribution in [2.45, 2.75) is 39.5 Å². The molecule has 1 fully saturated rings. The summed E-state index contributed by atoms with van der Waals surface area (Å²) in [4.78, 5) is 18.2. The average molecular weight is 296 g/mol. The van der Waals surface area contributed by atoms with E-state index in [0.29, 0.717) is 0 Å². The van der Waals surface area contributed by atoms with Gasteiger partial charge in [0.2, 0.25) is 0 Å². The zero-order chi connectivity index (χ0) is 14.5. The summed E-state index contributed by atoms with van der Waals surface area (Å²) in [6.45, 7) is 6.79. The molecule has 1 aromatic heterocycles. The van der Waals surface area contributed by atoms with Crippen LogP contribution in [0.3, 0.4) is 0 Å². The molecule has 0 saturated carbocycles. The smallest absolute Gasteiger partial charge is 0.311 e. The number of nitrogens with zero attached hydrogens (tertiary/aromatic N) is 2. The van der Waals surface area contributed by atoms with Gasteiger partial charge in [-0.05, 0) is 31.1 Å². The molecule has 5 heteroatoms. The van der Waals surface area contributed by atoms with E-state index >= 15 is 0 Å². The predicted molar refractivity (Wildman–Crippen MR) is 82.2 cm³/mol. The number of anilines is 1. The number of rotatable bonds is 4. The van der Waals surface area contributed by atoms with Crippen LogP contribution in [0.5, 0.6) is 0 Å². The fourth-order valence-corrected chi connectivity index (χ4v) is 3.60. The van der Waals surface area contributed by atoms with Gasteiger partial charge in [0.15, 0.2) is 5.13 Å². The first kappa shape index (κ1) is 15.3. The van der Waals surface area contributed by atoms with Crippen molar-refractivity contribution in [1.29, 1.82) is 0 Å². The lowest BCUT2D eigenvalue weighted by molar-refractivity contribution is -0.139. The maximum Gasteiger partial charge on any atom is 0.311 e. The number of esters is 1. The first-order chi connectivity index (χ1) is 9.60. The molecule has 1 aromatic rings. The molecule has 1 atom stereocenters. The largest absolute Gasteiger partial charge is 0.469 e. The fraction of sp³-hybridized carbons (Fsp3) is 0.733. The summed E-state index contributed by atoms with van der Waals surface area (Å²) >= 11 is 1.63. The van der Waals surface area contributed by atoms with Crippen LogP contribution >= 0.6 is 11.3 Å².